The normalized spacial score (nSPS) is 11.2. The van der Waals surface area contributed by atoms with Gasteiger partial charge in [0.15, 0.2) is 0 Å². The van der Waals surface area contributed by atoms with Crippen LogP contribution >= 0.6 is 15.9 Å². The van der Waals surface area contributed by atoms with E-state index >= 15 is 0 Å². The molecule has 4 heteroatoms. The molecule has 0 fully saturated rings. The molecule has 0 bridgehead atoms. The van der Waals surface area contributed by atoms with Crippen molar-refractivity contribution in [3.63, 3.8) is 0 Å². The van der Waals surface area contributed by atoms with Gasteiger partial charge < -0.3 is 4.74 Å². The Kier molecular flexibility index (Phi) is 3.54. The molecule has 2 heterocycles. The van der Waals surface area contributed by atoms with Gasteiger partial charge in [-0.25, -0.2) is 4.98 Å². The topological polar surface area (TPSA) is 26.5 Å². The number of aromatic nitrogens is 2. The molecule has 23 heavy (non-hydrogen) atoms. The standard InChI is InChI=1S/C19H15BrN2O/c1-13-7-16(20)15-9-19(23-11-14-5-3-2-4-6-14)18-10-21-12-22(18)17(15)8-13/h2-10,12H,11H2,1H3. The summed E-state index contributed by atoms with van der Waals surface area (Å²) in [6.45, 7) is 2.63. The van der Waals surface area contributed by atoms with Crippen LogP contribution in [0.1, 0.15) is 11.1 Å². The van der Waals surface area contributed by atoms with Crippen LogP contribution in [-0.2, 0) is 6.61 Å². The Labute approximate surface area is 142 Å². The molecule has 0 amide bonds. The van der Waals surface area contributed by atoms with E-state index in [1.165, 1.54) is 5.56 Å². The van der Waals surface area contributed by atoms with Crippen molar-refractivity contribution in [3.8, 4) is 5.75 Å². The van der Waals surface area contributed by atoms with Gasteiger partial charge in [-0.05, 0) is 36.2 Å². The average Bonchev–Trinajstić information content (AvgIpc) is 3.04. The van der Waals surface area contributed by atoms with Crippen molar-refractivity contribution in [1.29, 1.82) is 0 Å². The van der Waals surface area contributed by atoms with Crippen LogP contribution in [0.5, 0.6) is 5.75 Å². The fraction of sp³-hybridized carbons (Fsp3) is 0.105. The Hall–Kier alpha value is -2.33. The lowest BCUT2D eigenvalue weighted by atomic mass is 10.1. The van der Waals surface area contributed by atoms with Crippen molar-refractivity contribution >= 4 is 32.3 Å². The van der Waals surface area contributed by atoms with Crippen LogP contribution in [0, 0.1) is 6.92 Å². The molecule has 0 atom stereocenters. The van der Waals surface area contributed by atoms with Crippen molar-refractivity contribution in [2.45, 2.75) is 13.5 Å². The third kappa shape index (κ3) is 2.59. The quantitative estimate of drug-likeness (QED) is 0.501. The van der Waals surface area contributed by atoms with E-state index in [9.17, 15) is 0 Å². The summed E-state index contributed by atoms with van der Waals surface area (Å²) in [7, 11) is 0. The van der Waals surface area contributed by atoms with Crippen LogP contribution in [0.25, 0.3) is 16.4 Å². The average molecular weight is 367 g/mol. The molecule has 2 aromatic carbocycles. The highest BCUT2D eigenvalue weighted by atomic mass is 79.9. The molecule has 0 saturated carbocycles. The van der Waals surface area contributed by atoms with Gasteiger partial charge in [0, 0.05) is 9.86 Å². The second-order valence-electron chi connectivity index (χ2n) is 5.61. The second kappa shape index (κ2) is 5.70. The second-order valence-corrected chi connectivity index (χ2v) is 6.47. The largest absolute Gasteiger partial charge is 0.487 e. The zero-order valence-corrected chi connectivity index (χ0v) is 14.2. The lowest BCUT2D eigenvalue weighted by Crippen LogP contribution is -1.98. The van der Waals surface area contributed by atoms with Crippen LogP contribution in [0.15, 0.2) is 65.5 Å². The number of hydrogen-bond acceptors (Lipinski definition) is 2. The van der Waals surface area contributed by atoms with Gasteiger partial charge in [0.1, 0.15) is 17.9 Å². The Bertz CT molecular complexity index is 993. The van der Waals surface area contributed by atoms with Crippen LogP contribution in [-0.4, -0.2) is 9.38 Å². The van der Waals surface area contributed by atoms with Crippen LogP contribution in [0.4, 0.5) is 0 Å². The smallest absolute Gasteiger partial charge is 0.146 e. The lowest BCUT2D eigenvalue weighted by molar-refractivity contribution is 0.309. The maximum Gasteiger partial charge on any atom is 0.146 e. The molecule has 114 valence electrons. The molecule has 0 aliphatic heterocycles. The van der Waals surface area contributed by atoms with Crippen molar-refractivity contribution in [2.24, 2.45) is 0 Å². The first-order chi connectivity index (χ1) is 11.2. The summed E-state index contributed by atoms with van der Waals surface area (Å²) in [5.41, 5.74) is 4.45. The van der Waals surface area contributed by atoms with Gasteiger partial charge in [0.25, 0.3) is 0 Å². The maximum absolute atomic E-state index is 6.08. The Morgan fingerprint density at radius 3 is 2.74 bits per heavy atom. The summed E-state index contributed by atoms with van der Waals surface area (Å²) in [4.78, 5) is 4.29. The van der Waals surface area contributed by atoms with E-state index < -0.39 is 0 Å². The Morgan fingerprint density at radius 2 is 1.91 bits per heavy atom. The summed E-state index contributed by atoms with van der Waals surface area (Å²) in [5, 5.41) is 1.11. The monoisotopic (exact) mass is 366 g/mol. The number of fused-ring (bicyclic) bond motifs is 3. The molecule has 0 N–H and O–H groups in total. The first-order valence-electron chi connectivity index (χ1n) is 7.44. The van der Waals surface area contributed by atoms with E-state index in [0.29, 0.717) is 6.61 Å². The number of halogens is 1. The number of hydrogen-bond donors (Lipinski definition) is 0. The Balaban J connectivity index is 1.83. The number of ether oxygens (including phenoxy) is 1. The predicted molar refractivity (Wildman–Crippen MR) is 95.9 cm³/mol. The van der Waals surface area contributed by atoms with Gasteiger partial charge >= 0.3 is 0 Å². The molecule has 0 radical (unpaired) electrons. The highest BCUT2D eigenvalue weighted by molar-refractivity contribution is 9.10. The number of imidazole rings is 1. The highest BCUT2D eigenvalue weighted by Crippen LogP contribution is 2.32. The minimum absolute atomic E-state index is 0.538. The zero-order chi connectivity index (χ0) is 15.8. The van der Waals surface area contributed by atoms with Crippen molar-refractivity contribution in [3.05, 3.63) is 76.7 Å². The number of rotatable bonds is 3. The third-order valence-electron chi connectivity index (χ3n) is 3.92. The van der Waals surface area contributed by atoms with E-state index in [1.54, 1.807) is 0 Å². The third-order valence-corrected chi connectivity index (χ3v) is 4.57. The highest BCUT2D eigenvalue weighted by Gasteiger charge is 2.11. The molecule has 0 unspecified atom stereocenters. The summed E-state index contributed by atoms with van der Waals surface area (Å²) in [6.07, 6.45) is 3.68. The van der Waals surface area contributed by atoms with Gasteiger partial charge in [0.05, 0.1) is 18.0 Å². The summed E-state index contributed by atoms with van der Waals surface area (Å²) < 4.78 is 9.21. The molecule has 4 aromatic rings. The molecular formula is C19H15BrN2O. The van der Waals surface area contributed by atoms with Gasteiger partial charge in [-0.1, -0.05) is 46.3 Å². The SMILES string of the molecule is Cc1cc(Br)c2cc(OCc3ccccc3)c3cncn3c2c1. The fourth-order valence-corrected chi connectivity index (χ4v) is 3.48. The molecule has 0 aliphatic rings. The number of aryl methyl sites for hydroxylation is 1. The van der Waals surface area contributed by atoms with E-state index in [0.717, 1.165) is 32.2 Å². The van der Waals surface area contributed by atoms with Crippen molar-refractivity contribution in [1.82, 2.24) is 9.38 Å². The number of benzene rings is 2. The van der Waals surface area contributed by atoms with E-state index in [1.807, 2.05) is 30.7 Å². The maximum atomic E-state index is 6.08. The summed E-state index contributed by atoms with van der Waals surface area (Å²) in [6, 6.07) is 16.5. The minimum Gasteiger partial charge on any atom is -0.487 e. The van der Waals surface area contributed by atoms with E-state index in [2.05, 4.69) is 62.6 Å². The van der Waals surface area contributed by atoms with Crippen LogP contribution < -0.4 is 4.74 Å². The first-order valence-corrected chi connectivity index (χ1v) is 8.23. The molecular weight excluding hydrogens is 352 g/mol. The molecule has 0 aliphatic carbocycles. The minimum atomic E-state index is 0.538. The fourth-order valence-electron chi connectivity index (χ4n) is 2.80. The van der Waals surface area contributed by atoms with Gasteiger partial charge in [0.2, 0.25) is 0 Å². The summed E-state index contributed by atoms with van der Waals surface area (Å²) >= 11 is 3.66. The number of pyridine rings is 1. The van der Waals surface area contributed by atoms with Gasteiger partial charge in [-0.3, -0.25) is 4.40 Å². The van der Waals surface area contributed by atoms with Gasteiger partial charge in [-0.2, -0.15) is 0 Å². The van der Waals surface area contributed by atoms with Gasteiger partial charge in [-0.15, -0.1) is 0 Å². The predicted octanol–water partition coefficient (Wildman–Crippen LogP) is 5.14. The van der Waals surface area contributed by atoms with Crippen molar-refractivity contribution < 1.29 is 4.74 Å². The van der Waals surface area contributed by atoms with Crippen molar-refractivity contribution in [2.75, 3.05) is 0 Å². The molecule has 0 saturated heterocycles. The van der Waals surface area contributed by atoms with E-state index in [-0.39, 0.29) is 0 Å². The molecule has 2 aromatic heterocycles. The zero-order valence-electron chi connectivity index (χ0n) is 12.7. The number of nitrogens with zero attached hydrogens (tertiary/aromatic N) is 2. The molecule has 0 spiro atoms. The van der Waals surface area contributed by atoms with Crippen LogP contribution in [0.3, 0.4) is 0 Å². The lowest BCUT2D eigenvalue weighted by Gasteiger charge is -2.12. The molecule has 4 rings (SSSR count). The van der Waals surface area contributed by atoms with E-state index in [4.69, 9.17) is 4.74 Å². The van der Waals surface area contributed by atoms with Crippen LogP contribution in [0.2, 0.25) is 0 Å². The first kappa shape index (κ1) is 14.3. The summed E-state index contributed by atoms with van der Waals surface area (Å²) in [5.74, 6) is 0.836. The molecule has 3 nitrogen and oxygen atoms in total. The Morgan fingerprint density at radius 1 is 1.09 bits per heavy atom.